The van der Waals surface area contributed by atoms with E-state index in [9.17, 15) is 9.18 Å². The van der Waals surface area contributed by atoms with E-state index in [0.29, 0.717) is 12.1 Å². The molecular formula is C17H13ClFN3OS. The maximum absolute atomic E-state index is 13.2. The Morgan fingerprint density at radius 1 is 1.21 bits per heavy atom. The van der Waals surface area contributed by atoms with Gasteiger partial charge in [0.15, 0.2) is 10.9 Å². The normalized spacial score (nSPS) is 10.8. The fraction of sp³-hybridized carbons (Fsp3) is 0.118. The van der Waals surface area contributed by atoms with Gasteiger partial charge in [0.25, 0.3) is 0 Å². The Balaban J connectivity index is 1.66. The van der Waals surface area contributed by atoms with E-state index in [2.05, 4.69) is 9.97 Å². The second kappa shape index (κ2) is 7.59. The van der Waals surface area contributed by atoms with Gasteiger partial charge < -0.3 is 4.57 Å². The molecule has 0 unspecified atom stereocenters. The second-order valence-corrected chi connectivity index (χ2v) is 6.35. The topological polar surface area (TPSA) is 47.8 Å². The van der Waals surface area contributed by atoms with Crippen molar-refractivity contribution in [3.8, 4) is 0 Å². The third-order valence-corrected chi connectivity index (χ3v) is 4.60. The van der Waals surface area contributed by atoms with Crippen molar-refractivity contribution < 1.29 is 9.18 Å². The number of imidazole rings is 1. The molecule has 0 atom stereocenters. The lowest BCUT2D eigenvalue weighted by atomic mass is 10.1. The first kappa shape index (κ1) is 16.7. The first-order valence-electron chi connectivity index (χ1n) is 7.15. The van der Waals surface area contributed by atoms with Gasteiger partial charge in [-0.2, -0.15) is 0 Å². The summed E-state index contributed by atoms with van der Waals surface area (Å²) < 4.78 is 15.1. The molecule has 0 aliphatic carbocycles. The van der Waals surface area contributed by atoms with E-state index < -0.39 is 5.82 Å². The molecule has 0 bridgehead atoms. The van der Waals surface area contributed by atoms with Gasteiger partial charge in [-0.25, -0.2) is 9.37 Å². The predicted molar refractivity (Wildman–Crippen MR) is 92.0 cm³/mol. The van der Waals surface area contributed by atoms with Gasteiger partial charge in [0.1, 0.15) is 5.82 Å². The number of ketones is 1. The highest BCUT2D eigenvalue weighted by atomic mass is 35.5. The zero-order valence-electron chi connectivity index (χ0n) is 12.5. The Kier molecular flexibility index (Phi) is 5.27. The van der Waals surface area contributed by atoms with E-state index in [-0.39, 0.29) is 16.6 Å². The first-order chi connectivity index (χ1) is 11.6. The van der Waals surface area contributed by atoms with Crippen LogP contribution in [0.1, 0.15) is 16.1 Å². The molecular weight excluding hydrogens is 349 g/mol. The molecule has 3 rings (SSSR count). The standard InChI is InChI=1S/C17H13ClFN3OS/c18-14-9-12(4-5-15(14)19)16(23)11-24-17-21-7-8-22(17)10-13-3-1-2-6-20-13/h1-9H,10-11H2. The highest BCUT2D eigenvalue weighted by Gasteiger charge is 2.12. The summed E-state index contributed by atoms with van der Waals surface area (Å²) in [7, 11) is 0. The summed E-state index contributed by atoms with van der Waals surface area (Å²) in [5.41, 5.74) is 1.30. The first-order valence-corrected chi connectivity index (χ1v) is 8.52. The number of rotatable bonds is 6. The number of hydrogen-bond donors (Lipinski definition) is 0. The second-order valence-electron chi connectivity index (χ2n) is 5.00. The summed E-state index contributed by atoms with van der Waals surface area (Å²) in [6.07, 6.45) is 5.27. The molecule has 0 aliphatic rings. The molecule has 0 fully saturated rings. The molecule has 0 radical (unpaired) electrons. The molecule has 0 saturated heterocycles. The Morgan fingerprint density at radius 2 is 2.08 bits per heavy atom. The third kappa shape index (κ3) is 4.01. The molecule has 0 saturated carbocycles. The lowest BCUT2D eigenvalue weighted by Gasteiger charge is -2.07. The maximum Gasteiger partial charge on any atom is 0.173 e. The van der Waals surface area contributed by atoms with Crippen LogP contribution < -0.4 is 0 Å². The van der Waals surface area contributed by atoms with E-state index >= 15 is 0 Å². The lowest BCUT2D eigenvalue weighted by Crippen LogP contribution is -2.06. The van der Waals surface area contributed by atoms with Crippen LogP contribution in [0, 0.1) is 5.82 Å². The molecule has 0 N–H and O–H groups in total. The number of carbonyl (C=O) groups is 1. The average Bonchev–Trinajstić information content (AvgIpc) is 3.03. The van der Waals surface area contributed by atoms with Crippen LogP contribution in [0.3, 0.4) is 0 Å². The van der Waals surface area contributed by atoms with Crippen LogP contribution in [0.5, 0.6) is 0 Å². The van der Waals surface area contributed by atoms with Gasteiger partial charge in [0.2, 0.25) is 0 Å². The molecule has 1 aromatic carbocycles. The zero-order chi connectivity index (χ0) is 16.9. The minimum atomic E-state index is -0.535. The Morgan fingerprint density at radius 3 is 2.83 bits per heavy atom. The van der Waals surface area contributed by atoms with Gasteiger partial charge in [-0.3, -0.25) is 9.78 Å². The number of Topliss-reactive ketones (excluding diaryl/α,β-unsaturated/α-hetero) is 1. The van der Waals surface area contributed by atoms with Crippen molar-refractivity contribution in [2.24, 2.45) is 0 Å². The van der Waals surface area contributed by atoms with Gasteiger partial charge in [-0.05, 0) is 30.3 Å². The van der Waals surface area contributed by atoms with Gasteiger partial charge in [0, 0.05) is 24.2 Å². The Bertz CT molecular complexity index is 854. The Labute approximate surface area is 147 Å². The summed E-state index contributed by atoms with van der Waals surface area (Å²) in [6.45, 7) is 0.583. The highest BCUT2D eigenvalue weighted by Crippen LogP contribution is 2.21. The van der Waals surface area contributed by atoms with E-state index in [1.807, 2.05) is 29.0 Å². The van der Waals surface area contributed by atoms with E-state index in [1.54, 1.807) is 12.4 Å². The van der Waals surface area contributed by atoms with E-state index in [0.717, 1.165) is 10.9 Å². The van der Waals surface area contributed by atoms with Crippen molar-refractivity contribution in [2.45, 2.75) is 11.7 Å². The van der Waals surface area contributed by atoms with Crippen LogP contribution >= 0.6 is 23.4 Å². The fourth-order valence-electron chi connectivity index (χ4n) is 2.11. The van der Waals surface area contributed by atoms with Crippen LogP contribution in [-0.2, 0) is 6.54 Å². The third-order valence-electron chi connectivity index (χ3n) is 3.31. The zero-order valence-corrected chi connectivity index (χ0v) is 14.1. The van der Waals surface area contributed by atoms with Gasteiger partial charge in [-0.15, -0.1) is 0 Å². The average molecular weight is 362 g/mol. The SMILES string of the molecule is O=C(CSc1nccn1Cc1ccccn1)c1ccc(F)c(Cl)c1. The molecule has 2 aromatic heterocycles. The number of pyridine rings is 1. The van der Waals surface area contributed by atoms with Crippen molar-refractivity contribution >= 4 is 29.1 Å². The molecule has 4 nitrogen and oxygen atoms in total. The summed E-state index contributed by atoms with van der Waals surface area (Å²) in [5, 5.41) is 0.671. The van der Waals surface area contributed by atoms with Gasteiger partial charge >= 0.3 is 0 Å². The van der Waals surface area contributed by atoms with Crippen molar-refractivity contribution in [2.75, 3.05) is 5.75 Å². The van der Waals surface area contributed by atoms with Crippen molar-refractivity contribution in [1.82, 2.24) is 14.5 Å². The van der Waals surface area contributed by atoms with E-state index in [4.69, 9.17) is 11.6 Å². The van der Waals surface area contributed by atoms with Crippen LogP contribution in [0.15, 0.2) is 60.1 Å². The van der Waals surface area contributed by atoms with Crippen molar-refractivity contribution in [3.63, 3.8) is 0 Å². The number of aromatic nitrogens is 3. The molecule has 0 spiro atoms. The lowest BCUT2D eigenvalue weighted by molar-refractivity contribution is 0.102. The highest BCUT2D eigenvalue weighted by molar-refractivity contribution is 7.99. The van der Waals surface area contributed by atoms with Gasteiger partial charge in [0.05, 0.1) is 23.0 Å². The number of nitrogens with zero attached hydrogens (tertiary/aromatic N) is 3. The van der Waals surface area contributed by atoms with Crippen LogP contribution in [-0.4, -0.2) is 26.1 Å². The smallest absolute Gasteiger partial charge is 0.173 e. The number of hydrogen-bond acceptors (Lipinski definition) is 4. The largest absolute Gasteiger partial charge is 0.320 e. The summed E-state index contributed by atoms with van der Waals surface area (Å²) in [4.78, 5) is 20.8. The predicted octanol–water partition coefficient (Wildman–Crippen LogP) is 4.09. The van der Waals surface area contributed by atoms with Crippen molar-refractivity contribution in [3.05, 3.63) is 77.1 Å². The van der Waals surface area contributed by atoms with E-state index in [1.165, 1.54) is 30.0 Å². The molecule has 0 aliphatic heterocycles. The summed E-state index contributed by atoms with van der Waals surface area (Å²) >= 11 is 7.04. The molecule has 122 valence electrons. The molecule has 24 heavy (non-hydrogen) atoms. The van der Waals surface area contributed by atoms with Gasteiger partial charge in [-0.1, -0.05) is 29.4 Å². The number of thioether (sulfide) groups is 1. The van der Waals surface area contributed by atoms with Crippen molar-refractivity contribution in [1.29, 1.82) is 0 Å². The quantitative estimate of drug-likeness (QED) is 0.490. The molecule has 0 amide bonds. The van der Waals surface area contributed by atoms with Crippen LogP contribution in [0.2, 0.25) is 5.02 Å². The van der Waals surface area contributed by atoms with Crippen LogP contribution in [0.25, 0.3) is 0 Å². The molecule has 2 heterocycles. The Hall–Kier alpha value is -2.18. The number of carbonyl (C=O) groups excluding carboxylic acids is 1. The number of benzene rings is 1. The molecule has 7 heteroatoms. The van der Waals surface area contributed by atoms with Crippen LogP contribution in [0.4, 0.5) is 4.39 Å². The minimum absolute atomic E-state index is 0.0532. The summed E-state index contributed by atoms with van der Waals surface area (Å²) in [6, 6.07) is 9.69. The fourth-order valence-corrected chi connectivity index (χ4v) is 3.14. The number of halogens is 2. The molecule has 3 aromatic rings. The minimum Gasteiger partial charge on any atom is -0.320 e. The maximum atomic E-state index is 13.2. The summed E-state index contributed by atoms with van der Waals surface area (Å²) in [5.74, 6) is -0.470. The monoisotopic (exact) mass is 361 g/mol.